The Hall–Kier alpha value is -3.70. The molecular weight excluding hydrogens is 648 g/mol. The van der Waals surface area contributed by atoms with Gasteiger partial charge in [0.2, 0.25) is 11.8 Å². The predicted molar refractivity (Wildman–Crippen MR) is 195 cm³/mol. The summed E-state index contributed by atoms with van der Waals surface area (Å²) in [5.74, 6) is -2.04. The summed E-state index contributed by atoms with van der Waals surface area (Å²) in [5.41, 5.74) is 1.71. The maximum atomic E-state index is 14.2. The Bertz CT molecular complexity index is 1390. The van der Waals surface area contributed by atoms with Crippen LogP contribution in [0.3, 0.4) is 0 Å². The van der Waals surface area contributed by atoms with Crippen molar-refractivity contribution in [3.63, 3.8) is 0 Å². The molecule has 2 heterocycles. The summed E-state index contributed by atoms with van der Waals surface area (Å²) in [5, 5.41) is 0. The first-order valence-corrected chi connectivity index (χ1v) is 18.4. The summed E-state index contributed by atoms with van der Waals surface area (Å²) in [6.07, 6.45) is 7.06. The van der Waals surface area contributed by atoms with E-state index in [-0.39, 0.29) is 60.3 Å². The SMILES string of the molecule is CC[C@H](C)[C@@H]([C@@H](CC(=O)N1CCC[C@H]1[C@H](OC)[C@@H](C)C(=O)C[C@@H](Cc1ccccc1)C(=O)OC)OC)N(C)C(=O)[C@@H](Cc1cnccn1)C(C)C. The Labute approximate surface area is 304 Å². The van der Waals surface area contributed by atoms with E-state index in [2.05, 4.69) is 23.8 Å². The van der Waals surface area contributed by atoms with Gasteiger partial charge < -0.3 is 24.0 Å². The molecule has 1 aromatic carbocycles. The van der Waals surface area contributed by atoms with Gasteiger partial charge in [-0.2, -0.15) is 0 Å². The third kappa shape index (κ3) is 11.1. The number of esters is 1. The molecule has 0 radical (unpaired) electrons. The molecule has 0 unspecified atom stereocenters. The number of aromatic nitrogens is 2. The average Bonchev–Trinajstić information content (AvgIpc) is 3.63. The van der Waals surface area contributed by atoms with Gasteiger partial charge in [-0.05, 0) is 36.7 Å². The molecule has 1 aromatic heterocycles. The molecule has 2 amide bonds. The number of amides is 2. The highest BCUT2D eigenvalue weighted by Gasteiger charge is 2.43. The van der Waals surface area contributed by atoms with Gasteiger partial charge in [0.15, 0.2) is 0 Å². The molecule has 282 valence electrons. The van der Waals surface area contributed by atoms with E-state index in [0.29, 0.717) is 25.8 Å². The lowest BCUT2D eigenvalue weighted by atomic mass is 9.85. The Morgan fingerprint density at radius 1 is 0.961 bits per heavy atom. The fraction of sp³-hybridized carbons (Fsp3) is 0.650. The summed E-state index contributed by atoms with van der Waals surface area (Å²) >= 11 is 0. The molecule has 0 spiro atoms. The Kier molecular flexibility index (Phi) is 16.7. The summed E-state index contributed by atoms with van der Waals surface area (Å²) in [6.45, 7) is 10.6. The number of benzene rings is 1. The van der Waals surface area contributed by atoms with Crippen LogP contribution in [0.25, 0.3) is 0 Å². The van der Waals surface area contributed by atoms with Crippen LogP contribution in [0.1, 0.15) is 78.0 Å². The van der Waals surface area contributed by atoms with Crippen LogP contribution in [-0.2, 0) is 46.2 Å². The lowest BCUT2D eigenvalue weighted by Crippen LogP contribution is -2.54. The molecule has 8 atom stereocenters. The second-order valence-corrected chi connectivity index (χ2v) is 14.4. The first-order valence-electron chi connectivity index (χ1n) is 18.4. The normalized spacial score (nSPS) is 18.7. The van der Waals surface area contributed by atoms with E-state index >= 15 is 0 Å². The van der Waals surface area contributed by atoms with Crippen molar-refractivity contribution in [2.45, 2.75) is 104 Å². The molecule has 1 aliphatic heterocycles. The van der Waals surface area contributed by atoms with E-state index in [0.717, 1.165) is 24.1 Å². The van der Waals surface area contributed by atoms with Crippen molar-refractivity contribution in [1.82, 2.24) is 19.8 Å². The average molecular weight is 709 g/mol. The number of Topliss-reactive ketones (excluding diaryl/α,β-unsaturated/α-hetero) is 1. The van der Waals surface area contributed by atoms with Gasteiger partial charge in [-0.1, -0.05) is 71.4 Å². The molecule has 0 saturated carbocycles. The van der Waals surface area contributed by atoms with E-state index in [1.54, 1.807) is 37.7 Å². The largest absolute Gasteiger partial charge is 0.469 e. The van der Waals surface area contributed by atoms with Crippen molar-refractivity contribution in [3.05, 3.63) is 60.2 Å². The maximum Gasteiger partial charge on any atom is 0.309 e. The number of ketones is 1. The maximum absolute atomic E-state index is 14.2. The van der Waals surface area contributed by atoms with Crippen molar-refractivity contribution in [1.29, 1.82) is 0 Å². The minimum atomic E-state index is -0.623. The zero-order chi connectivity index (χ0) is 37.7. The van der Waals surface area contributed by atoms with Crippen molar-refractivity contribution in [2.24, 2.45) is 29.6 Å². The summed E-state index contributed by atoms with van der Waals surface area (Å²) < 4.78 is 17.1. The first-order chi connectivity index (χ1) is 24.4. The van der Waals surface area contributed by atoms with Crippen LogP contribution in [0.5, 0.6) is 0 Å². The fourth-order valence-electron chi connectivity index (χ4n) is 7.60. The highest BCUT2D eigenvalue weighted by atomic mass is 16.5. The van der Waals surface area contributed by atoms with E-state index in [1.165, 1.54) is 7.11 Å². The third-order valence-electron chi connectivity index (χ3n) is 10.8. The molecule has 11 heteroatoms. The number of hydrogen-bond acceptors (Lipinski definition) is 9. The number of carbonyl (C=O) groups excluding carboxylic acids is 4. The van der Waals surface area contributed by atoms with Gasteiger partial charge in [0.25, 0.3) is 0 Å². The van der Waals surface area contributed by atoms with Crippen LogP contribution in [-0.4, -0.2) is 103 Å². The molecule has 51 heavy (non-hydrogen) atoms. The minimum Gasteiger partial charge on any atom is -0.469 e. The van der Waals surface area contributed by atoms with E-state index in [4.69, 9.17) is 14.2 Å². The van der Waals surface area contributed by atoms with E-state index in [1.807, 2.05) is 63.1 Å². The monoisotopic (exact) mass is 708 g/mol. The molecule has 3 rings (SSSR count). The molecule has 1 fully saturated rings. The Morgan fingerprint density at radius 2 is 1.67 bits per heavy atom. The van der Waals surface area contributed by atoms with Gasteiger partial charge in [-0.25, -0.2) is 0 Å². The van der Waals surface area contributed by atoms with Gasteiger partial charge in [0.1, 0.15) is 5.78 Å². The topological polar surface area (TPSA) is 128 Å². The van der Waals surface area contributed by atoms with Gasteiger partial charge in [0, 0.05) is 71.1 Å². The van der Waals surface area contributed by atoms with E-state index < -0.39 is 30.0 Å². The number of hydrogen-bond donors (Lipinski definition) is 0. The summed E-state index contributed by atoms with van der Waals surface area (Å²) in [7, 11) is 6.32. The number of likely N-dealkylation sites (tertiary alicyclic amines) is 1. The molecule has 0 aliphatic carbocycles. The molecule has 0 bridgehead atoms. The highest BCUT2D eigenvalue weighted by Crippen LogP contribution is 2.31. The first kappa shape index (κ1) is 41.7. The second-order valence-electron chi connectivity index (χ2n) is 14.4. The molecule has 0 N–H and O–H groups in total. The third-order valence-corrected chi connectivity index (χ3v) is 10.8. The minimum absolute atomic E-state index is 0.0141. The van der Waals surface area contributed by atoms with Crippen molar-refractivity contribution in [2.75, 3.05) is 34.9 Å². The predicted octanol–water partition coefficient (Wildman–Crippen LogP) is 5.20. The standard InChI is InChI=1S/C40H60N4O7/c1-10-27(4)37(43(6)39(47)32(26(2)3)23-31-25-41-18-19-42-31)35(49-7)24-36(46)44-20-14-17-33(44)38(50-8)28(5)34(45)22-30(40(48)51-9)21-29-15-12-11-13-16-29/h11-13,15-16,18-19,25-28,30,32-33,35,37-38H,10,14,17,20-24H2,1-9H3/t27-,28-,30+,32-,33-,35+,37-,38+/m0/s1. The van der Waals surface area contributed by atoms with Crippen LogP contribution in [0.15, 0.2) is 48.9 Å². The van der Waals surface area contributed by atoms with E-state index in [9.17, 15) is 19.2 Å². The van der Waals surface area contributed by atoms with Gasteiger partial charge in [-0.3, -0.25) is 29.1 Å². The summed E-state index contributed by atoms with van der Waals surface area (Å²) in [6, 6.07) is 8.91. The Balaban J connectivity index is 1.77. The van der Waals surface area contributed by atoms with Crippen LogP contribution >= 0.6 is 0 Å². The number of nitrogens with zero attached hydrogens (tertiary/aromatic N) is 4. The number of ether oxygens (including phenoxy) is 3. The van der Waals surface area contributed by atoms with Gasteiger partial charge >= 0.3 is 5.97 Å². The fourth-order valence-corrected chi connectivity index (χ4v) is 7.60. The zero-order valence-electron chi connectivity index (χ0n) is 32.1. The van der Waals surface area contributed by atoms with Crippen LogP contribution < -0.4 is 0 Å². The second kappa shape index (κ2) is 20.4. The molecule has 11 nitrogen and oxygen atoms in total. The lowest BCUT2D eigenvalue weighted by molar-refractivity contribution is -0.149. The molecule has 1 aliphatic rings. The highest BCUT2D eigenvalue weighted by molar-refractivity contribution is 5.86. The number of methoxy groups -OCH3 is 3. The molecule has 2 aromatic rings. The quantitative estimate of drug-likeness (QED) is 0.171. The van der Waals surface area contributed by atoms with Crippen LogP contribution in [0, 0.1) is 29.6 Å². The summed E-state index contributed by atoms with van der Waals surface area (Å²) in [4.78, 5) is 66.9. The van der Waals surface area contributed by atoms with Crippen LogP contribution in [0.2, 0.25) is 0 Å². The van der Waals surface area contributed by atoms with Crippen molar-refractivity contribution >= 4 is 23.6 Å². The zero-order valence-corrected chi connectivity index (χ0v) is 32.1. The number of rotatable bonds is 20. The van der Waals surface area contributed by atoms with Crippen LogP contribution in [0.4, 0.5) is 0 Å². The number of carbonyl (C=O) groups is 4. The van der Waals surface area contributed by atoms with Gasteiger partial charge in [-0.15, -0.1) is 0 Å². The smallest absolute Gasteiger partial charge is 0.309 e. The lowest BCUT2D eigenvalue weighted by Gasteiger charge is -2.40. The molecular formula is C40H60N4O7. The number of likely N-dealkylation sites (N-methyl/N-ethyl adjacent to an activating group) is 1. The van der Waals surface area contributed by atoms with Crippen molar-refractivity contribution < 1.29 is 33.4 Å². The Morgan fingerprint density at radius 3 is 2.24 bits per heavy atom. The van der Waals surface area contributed by atoms with Crippen molar-refractivity contribution in [3.8, 4) is 0 Å². The molecule has 1 saturated heterocycles. The van der Waals surface area contributed by atoms with Gasteiger partial charge in [0.05, 0.1) is 49.4 Å².